The summed E-state index contributed by atoms with van der Waals surface area (Å²) in [4.78, 5) is 50.6. The normalized spacial score (nSPS) is 21.5. The molecule has 1 aliphatic carbocycles. The number of esters is 1. The van der Waals surface area contributed by atoms with Crippen LogP contribution in [0.3, 0.4) is 0 Å². The molecular weight excluding hydrogens is 450 g/mol. The van der Waals surface area contributed by atoms with Crippen LogP contribution >= 0.6 is 0 Å². The average molecular weight is 480 g/mol. The second-order valence-corrected chi connectivity index (χ2v) is 8.95. The van der Waals surface area contributed by atoms with E-state index in [0.29, 0.717) is 24.5 Å². The maximum Gasteiger partial charge on any atom is 0.326 e. The molecule has 184 valence electrons. The third-order valence-electron chi connectivity index (χ3n) is 6.54. The van der Waals surface area contributed by atoms with E-state index in [4.69, 9.17) is 9.47 Å². The molecule has 2 aliphatic rings. The first-order chi connectivity index (χ1) is 16.9. The molecule has 4 rings (SSSR count). The predicted octanol–water partition coefficient (Wildman–Crippen LogP) is 3.25. The predicted molar refractivity (Wildman–Crippen MR) is 127 cm³/mol. The standard InChI is InChI=1S/C26H29N3O6/c1-18-7-5-6-14-26(18)24(32)29(25(33)28-26)15-23(31)35-17-22(30)27-20-10-12-21(13-11-20)34-16-19-8-3-2-4-9-19/h2-4,8-13,18H,5-7,14-17H2,1H3,(H,27,30)(H,28,33). The van der Waals surface area contributed by atoms with Crippen LogP contribution in [0, 0.1) is 5.92 Å². The van der Waals surface area contributed by atoms with Gasteiger partial charge in [-0.1, -0.05) is 50.1 Å². The molecule has 4 amide bonds. The van der Waals surface area contributed by atoms with Crippen molar-refractivity contribution in [2.45, 2.75) is 44.8 Å². The maximum absolute atomic E-state index is 12.9. The third-order valence-corrected chi connectivity index (χ3v) is 6.54. The van der Waals surface area contributed by atoms with Crippen molar-refractivity contribution >= 4 is 29.5 Å². The number of hydrogen-bond acceptors (Lipinski definition) is 6. The molecule has 0 bridgehead atoms. The van der Waals surface area contributed by atoms with Gasteiger partial charge in [0.05, 0.1) is 0 Å². The molecular formula is C26H29N3O6. The summed E-state index contributed by atoms with van der Waals surface area (Å²) in [6.07, 6.45) is 3.25. The lowest BCUT2D eigenvalue weighted by Gasteiger charge is -2.36. The molecule has 2 aromatic carbocycles. The molecule has 1 heterocycles. The summed E-state index contributed by atoms with van der Waals surface area (Å²) in [6, 6.07) is 16.0. The number of anilines is 1. The Morgan fingerprint density at radius 2 is 1.83 bits per heavy atom. The number of hydrogen-bond donors (Lipinski definition) is 2. The fraction of sp³-hybridized carbons (Fsp3) is 0.385. The molecule has 2 unspecified atom stereocenters. The van der Waals surface area contributed by atoms with Crippen molar-refractivity contribution in [3.63, 3.8) is 0 Å². The topological polar surface area (TPSA) is 114 Å². The summed E-state index contributed by atoms with van der Waals surface area (Å²) >= 11 is 0. The van der Waals surface area contributed by atoms with Gasteiger partial charge in [0.25, 0.3) is 11.8 Å². The zero-order valence-electron chi connectivity index (χ0n) is 19.6. The number of rotatable bonds is 8. The van der Waals surface area contributed by atoms with Gasteiger partial charge in [0.15, 0.2) is 6.61 Å². The Morgan fingerprint density at radius 3 is 2.54 bits per heavy atom. The summed E-state index contributed by atoms with van der Waals surface area (Å²) < 4.78 is 10.7. The Morgan fingerprint density at radius 1 is 1.09 bits per heavy atom. The Kier molecular flexibility index (Phi) is 7.33. The van der Waals surface area contributed by atoms with Crippen LogP contribution in [0.2, 0.25) is 0 Å². The van der Waals surface area contributed by atoms with E-state index in [0.717, 1.165) is 29.7 Å². The van der Waals surface area contributed by atoms with Crippen LogP contribution in [-0.2, 0) is 25.7 Å². The van der Waals surface area contributed by atoms with Crippen molar-refractivity contribution in [3.8, 4) is 5.75 Å². The number of carbonyl (C=O) groups is 4. The minimum absolute atomic E-state index is 0.00498. The highest BCUT2D eigenvalue weighted by Crippen LogP contribution is 2.38. The van der Waals surface area contributed by atoms with Crippen LogP contribution in [-0.4, -0.2) is 47.4 Å². The molecule has 9 heteroatoms. The molecule has 9 nitrogen and oxygen atoms in total. The first-order valence-electron chi connectivity index (χ1n) is 11.7. The molecule has 35 heavy (non-hydrogen) atoms. The summed E-state index contributed by atoms with van der Waals surface area (Å²) in [5.74, 6) is -1.11. The molecule has 2 atom stereocenters. The molecule has 1 saturated heterocycles. The van der Waals surface area contributed by atoms with Gasteiger partial charge in [-0.15, -0.1) is 0 Å². The van der Waals surface area contributed by atoms with E-state index in [9.17, 15) is 19.2 Å². The van der Waals surface area contributed by atoms with Crippen molar-refractivity contribution in [2.75, 3.05) is 18.5 Å². The van der Waals surface area contributed by atoms with Gasteiger partial charge in [0, 0.05) is 5.69 Å². The molecule has 2 fully saturated rings. The summed E-state index contributed by atoms with van der Waals surface area (Å²) in [6.45, 7) is 1.31. The minimum Gasteiger partial charge on any atom is -0.489 e. The molecule has 0 radical (unpaired) electrons. The van der Waals surface area contributed by atoms with Crippen molar-refractivity contribution in [2.24, 2.45) is 5.92 Å². The van der Waals surface area contributed by atoms with E-state index in [1.165, 1.54) is 0 Å². The fourth-order valence-corrected chi connectivity index (χ4v) is 4.53. The van der Waals surface area contributed by atoms with Crippen LogP contribution in [0.5, 0.6) is 5.75 Å². The largest absolute Gasteiger partial charge is 0.489 e. The Bertz CT molecular complexity index is 1090. The first-order valence-corrected chi connectivity index (χ1v) is 11.7. The number of ether oxygens (including phenoxy) is 2. The Balaban J connectivity index is 1.22. The van der Waals surface area contributed by atoms with E-state index >= 15 is 0 Å². The summed E-state index contributed by atoms with van der Waals surface area (Å²) in [7, 11) is 0. The van der Waals surface area contributed by atoms with Crippen LogP contribution in [0.1, 0.15) is 38.2 Å². The second-order valence-electron chi connectivity index (χ2n) is 8.95. The molecule has 1 saturated carbocycles. The second kappa shape index (κ2) is 10.6. The van der Waals surface area contributed by atoms with Crippen molar-refractivity contribution in [1.29, 1.82) is 0 Å². The number of benzene rings is 2. The van der Waals surface area contributed by atoms with Gasteiger partial charge in [0.1, 0.15) is 24.4 Å². The lowest BCUT2D eigenvalue weighted by molar-refractivity contribution is -0.150. The van der Waals surface area contributed by atoms with Crippen LogP contribution < -0.4 is 15.4 Å². The highest BCUT2D eigenvalue weighted by atomic mass is 16.5. The number of nitrogens with one attached hydrogen (secondary N) is 2. The van der Waals surface area contributed by atoms with Crippen molar-refractivity contribution < 1.29 is 28.7 Å². The van der Waals surface area contributed by atoms with E-state index in [-0.39, 0.29) is 5.92 Å². The maximum atomic E-state index is 12.9. The average Bonchev–Trinajstić information content (AvgIpc) is 3.09. The smallest absolute Gasteiger partial charge is 0.326 e. The van der Waals surface area contributed by atoms with Gasteiger partial charge in [-0.3, -0.25) is 19.3 Å². The van der Waals surface area contributed by atoms with E-state index in [1.807, 2.05) is 37.3 Å². The van der Waals surface area contributed by atoms with Crippen LogP contribution in [0.25, 0.3) is 0 Å². The number of imide groups is 1. The quantitative estimate of drug-likeness (QED) is 0.444. The SMILES string of the molecule is CC1CCCCC12NC(=O)N(CC(=O)OCC(=O)Nc1ccc(OCc3ccccc3)cc1)C2=O. The van der Waals surface area contributed by atoms with Gasteiger partial charge in [-0.25, -0.2) is 4.79 Å². The zero-order valence-corrected chi connectivity index (χ0v) is 19.6. The summed E-state index contributed by atoms with van der Waals surface area (Å²) in [5.41, 5.74) is 0.618. The third kappa shape index (κ3) is 5.62. The lowest BCUT2D eigenvalue weighted by atomic mass is 9.73. The molecule has 0 aromatic heterocycles. The lowest BCUT2D eigenvalue weighted by Crippen LogP contribution is -2.54. The Hall–Kier alpha value is -3.88. The van der Waals surface area contributed by atoms with E-state index < -0.39 is 42.5 Å². The number of carbonyl (C=O) groups excluding carboxylic acids is 4. The number of amides is 4. The van der Waals surface area contributed by atoms with Crippen molar-refractivity contribution in [3.05, 3.63) is 60.2 Å². The number of nitrogens with zero attached hydrogens (tertiary/aromatic N) is 1. The zero-order chi connectivity index (χ0) is 24.8. The molecule has 2 aromatic rings. The number of urea groups is 1. The summed E-state index contributed by atoms with van der Waals surface area (Å²) in [5, 5.41) is 5.41. The highest BCUT2D eigenvalue weighted by Gasteiger charge is 2.55. The molecule has 2 N–H and O–H groups in total. The van der Waals surface area contributed by atoms with Gasteiger partial charge >= 0.3 is 12.0 Å². The highest BCUT2D eigenvalue weighted by molar-refractivity contribution is 6.09. The van der Waals surface area contributed by atoms with E-state index in [1.54, 1.807) is 24.3 Å². The van der Waals surface area contributed by atoms with Crippen LogP contribution in [0.4, 0.5) is 10.5 Å². The van der Waals surface area contributed by atoms with Gasteiger partial charge in [-0.05, 0) is 48.6 Å². The van der Waals surface area contributed by atoms with Gasteiger partial charge in [0.2, 0.25) is 0 Å². The first kappa shape index (κ1) is 24.3. The van der Waals surface area contributed by atoms with Gasteiger partial charge < -0.3 is 20.1 Å². The molecule has 1 spiro atoms. The monoisotopic (exact) mass is 479 g/mol. The van der Waals surface area contributed by atoms with Crippen molar-refractivity contribution in [1.82, 2.24) is 10.2 Å². The fourth-order valence-electron chi connectivity index (χ4n) is 4.53. The Labute approximate surface area is 203 Å². The molecule has 1 aliphatic heterocycles. The van der Waals surface area contributed by atoms with E-state index in [2.05, 4.69) is 10.6 Å². The minimum atomic E-state index is -0.941. The van der Waals surface area contributed by atoms with Gasteiger partial charge in [-0.2, -0.15) is 0 Å². The van der Waals surface area contributed by atoms with Crippen LogP contribution in [0.15, 0.2) is 54.6 Å².